The van der Waals surface area contributed by atoms with Gasteiger partial charge in [-0.05, 0) is 24.3 Å². The average Bonchev–Trinajstić information content (AvgIpc) is 2.75. The van der Waals surface area contributed by atoms with Crippen molar-refractivity contribution < 1.29 is 37.4 Å². The molecule has 166 valence electrons. The van der Waals surface area contributed by atoms with Crippen molar-refractivity contribution in [1.29, 1.82) is 0 Å². The molecule has 2 aromatic rings. The number of amides is 1. The zero-order valence-electron chi connectivity index (χ0n) is 17.1. The molecule has 1 N–H and O–H groups in total. The highest BCUT2D eigenvalue weighted by molar-refractivity contribution is 7.91. The van der Waals surface area contributed by atoms with Gasteiger partial charge in [0, 0.05) is 14.1 Å². The lowest BCUT2D eigenvalue weighted by molar-refractivity contribution is -0.162. The van der Waals surface area contributed by atoms with Gasteiger partial charge >= 0.3 is 11.9 Å². The molecule has 2 rings (SSSR count). The summed E-state index contributed by atoms with van der Waals surface area (Å²) >= 11 is 0. The van der Waals surface area contributed by atoms with Crippen molar-refractivity contribution in [2.24, 2.45) is 0 Å². The molecule has 1 atom stereocenters. The van der Waals surface area contributed by atoms with Crippen LogP contribution >= 0.6 is 0 Å². The van der Waals surface area contributed by atoms with Gasteiger partial charge in [0.05, 0.1) is 17.7 Å². The minimum absolute atomic E-state index is 0.00973. The number of carboxylic acid groups (broad SMARTS) is 1. The smallest absolute Gasteiger partial charge is 0.307 e. The van der Waals surface area contributed by atoms with E-state index in [0.29, 0.717) is 0 Å². The summed E-state index contributed by atoms with van der Waals surface area (Å²) in [6.45, 7) is -0.447. The van der Waals surface area contributed by atoms with Crippen molar-refractivity contribution in [3.8, 4) is 5.75 Å². The number of para-hydroxylation sites is 1. The van der Waals surface area contributed by atoms with Crippen LogP contribution in [0.15, 0.2) is 64.4 Å². The molecule has 31 heavy (non-hydrogen) atoms. The van der Waals surface area contributed by atoms with Gasteiger partial charge in [-0.2, -0.15) is 0 Å². The quantitative estimate of drug-likeness (QED) is 0.544. The van der Waals surface area contributed by atoms with Crippen molar-refractivity contribution >= 4 is 27.7 Å². The summed E-state index contributed by atoms with van der Waals surface area (Å²) in [5.41, 5.74) is 0. The largest absolute Gasteiger partial charge is 0.488 e. The number of carboxylic acids is 1. The van der Waals surface area contributed by atoms with Crippen LogP contribution in [0.4, 0.5) is 0 Å². The van der Waals surface area contributed by atoms with Gasteiger partial charge < -0.3 is 19.5 Å². The fourth-order valence-corrected chi connectivity index (χ4v) is 3.97. The number of sulfone groups is 1. The summed E-state index contributed by atoms with van der Waals surface area (Å²) in [5, 5.41) is 8.68. The Morgan fingerprint density at radius 1 is 0.968 bits per heavy atom. The van der Waals surface area contributed by atoms with Crippen molar-refractivity contribution in [2.75, 3.05) is 20.7 Å². The summed E-state index contributed by atoms with van der Waals surface area (Å²) in [5.74, 6) is -2.66. The molecule has 0 aliphatic heterocycles. The predicted octanol–water partition coefficient (Wildman–Crippen LogP) is 1.76. The Labute approximate surface area is 180 Å². The SMILES string of the molecule is CN(C)C(=O)C(COc1ccccc1S(=O)(=O)c1ccccc1)OC(=O)CCC(=O)O. The summed E-state index contributed by atoms with van der Waals surface area (Å²) in [4.78, 5) is 36.1. The molecular formula is C21H23NO8S. The van der Waals surface area contributed by atoms with E-state index in [1.54, 1.807) is 24.3 Å². The molecule has 0 saturated heterocycles. The van der Waals surface area contributed by atoms with E-state index in [1.165, 1.54) is 49.3 Å². The van der Waals surface area contributed by atoms with E-state index in [0.717, 1.165) is 0 Å². The van der Waals surface area contributed by atoms with Crippen LogP contribution in [0.2, 0.25) is 0 Å². The molecule has 0 bridgehead atoms. The number of hydrogen-bond acceptors (Lipinski definition) is 7. The van der Waals surface area contributed by atoms with Crippen LogP contribution < -0.4 is 4.74 Å². The minimum atomic E-state index is -3.89. The molecule has 0 aliphatic rings. The molecule has 10 heteroatoms. The number of aliphatic carboxylic acids is 1. The number of benzene rings is 2. The maximum atomic E-state index is 13.0. The van der Waals surface area contributed by atoms with Gasteiger partial charge in [-0.1, -0.05) is 30.3 Å². The second-order valence-corrected chi connectivity index (χ2v) is 8.60. The third-order valence-electron chi connectivity index (χ3n) is 4.12. The summed E-state index contributed by atoms with van der Waals surface area (Å²) in [6.07, 6.45) is -2.23. The number of ether oxygens (including phenoxy) is 2. The Morgan fingerprint density at radius 2 is 1.58 bits per heavy atom. The van der Waals surface area contributed by atoms with E-state index in [2.05, 4.69) is 0 Å². The standard InChI is InChI=1S/C21H23NO8S/c1-22(2)21(26)17(30-20(25)13-12-19(23)24)14-29-16-10-6-7-11-18(16)31(27,28)15-8-4-3-5-9-15/h3-11,17H,12-14H2,1-2H3,(H,23,24). The lowest BCUT2D eigenvalue weighted by Crippen LogP contribution is -2.41. The summed E-state index contributed by atoms with van der Waals surface area (Å²) in [7, 11) is -0.983. The molecule has 2 aromatic carbocycles. The molecule has 0 spiro atoms. The van der Waals surface area contributed by atoms with E-state index in [-0.39, 0.29) is 15.5 Å². The molecule has 0 radical (unpaired) electrons. The van der Waals surface area contributed by atoms with Crippen molar-refractivity contribution in [3.63, 3.8) is 0 Å². The second-order valence-electron chi connectivity index (χ2n) is 6.68. The molecule has 0 fully saturated rings. The van der Waals surface area contributed by atoms with Crippen LogP contribution in [0.3, 0.4) is 0 Å². The molecule has 9 nitrogen and oxygen atoms in total. The van der Waals surface area contributed by atoms with Crippen LogP contribution in [-0.4, -0.2) is 63.1 Å². The molecule has 1 unspecified atom stereocenters. The van der Waals surface area contributed by atoms with Gasteiger partial charge in [-0.25, -0.2) is 8.42 Å². The highest BCUT2D eigenvalue weighted by Gasteiger charge is 2.28. The maximum absolute atomic E-state index is 13.0. The first-order valence-corrected chi connectivity index (χ1v) is 10.8. The van der Waals surface area contributed by atoms with Crippen LogP contribution in [0.25, 0.3) is 0 Å². The van der Waals surface area contributed by atoms with Gasteiger partial charge in [-0.15, -0.1) is 0 Å². The fourth-order valence-electron chi connectivity index (χ4n) is 2.55. The molecular weight excluding hydrogens is 426 g/mol. The average molecular weight is 449 g/mol. The lowest BCUT2D eigenvalue weighted by Gasteiger charge is -2.21. The molecule has 0 aliphatic carbocycles. The highest BCUT2D eigenvalue weighted by atomic mass is 32.2. The number of esters is 1. The first-order valence-electron chi connectivity index (χ1n) is 9.27. The maximum Gasteiger partial charge on any atom is 0.307 e. The normalized spacial score (nSPS) is 11.9. The van der Waals surface area contributed by atoms with Crippen molar-refractivity contribution in [2.45, 2.75) is 28.7 Å². The Hall–Kier alpha value is -3.40. The van der Waals surface area contributed by atoms with Gasteiger partial charge in [0.2, 0.25) is 15.9 Å². The van der Waals surface area contributed by atoms with Crippen molar-refractivity contribution in [3.05, 3.63) is 54.6 Å². The van der Waals surface area contributed by atoms with Crippen LogP contribution in [-0.2, 0) is 29.0 Å². The Bertz CT molecular complexity index is 1030. The minimum Gasteiger partial charge on any atom is -0.488 e. The zero-order valence-corrected chi connectivity index (χ0v) is 17.9. The molecule has 1 amide bonds. The van der Waals surface area contributed by atoms with Gasteiger partial charge in [0.15, 0.2) is 0 Å². The third kappa shape index (κ3) is 6.54. The first kappa shape index (κ1) is 23.9. The Morgan fingerprint density at radius 3 is 2.19 bits per heavy atom. The van der Waals surface area contributed by atoms with E-state index in [1.807, 2.05) is 0 Å². The number of rotatable bonds is 10. The molecule has 0 aromatic heterocycles. The van der Waals surface area contributed by atoms with E-state index >= 15 is 0 Å². The predicted molar refractivity (Wildman–Crippen MR) is 109 cm³/mol. The van der Waals surface area contributed by atoms with E-state index < -0.39 is 53.2 Å². The van der Waals surface area contributed by atoms with Crippen LogP contribution in [0.1, 0.15) is 12.8 Å². The number of hydrogen-bond donors (Lipinski definition) is 1. The Balaban J connectivity index is 2.23. The fraction of sp³-hybridized carbons (Fsp3) is 0.286. The third-order valence-corrected chi connectivity index (χ3v) is 5.92. The van der Waals surface area contributed by atoms with Crippen molar-refractivity contribution in [1.82, 2.24) is 4.90 Å². The number of nitrogens with zero attached hydrogens (tertiary/aromatic N) is 1. The van der Waals surface area contributed by atoms with Gasteiger partial charge in [-0.3, -0.25) is 14.4 Å². The van der Waals surface area contributed by atoms with Crippen LogP contribution in [0, 0.1) is 0 Å². The Kier molecular flexibility index (Phi) is 8.14. The highest BCUT2D eigenvalue weighted by Crippen LogP contribution is 2.29. The monoisotopic (exact) mass is 449 g/mol. The number of carbonyl (C=O) groups is 3. The van der Waals surface area contributed by atoms with Gasteiger partial charge in [0.25, 0.3) is 5.91 Å². The number of likely N-dealkylation sites (N-methyl/N-ethyl adjacent to an activating group) is 1. The van der Waals surface area contributed by atoms with Crippen LogP contribution in [0.5, 0.6) is 5.75 Å². The second kappa shape index (κ2) is 10.6. The first-order chi connectivity index (χ1) is 14.6. The molecule has 0 heterocycles. The van der Waals surface area contributed by atoms with E-state index in [9.17, 15) is 22.8 Å². The lowest BCUT2D eigenvalue weighted by atomic mass is 10.3. The topological polar surface area (TPSA) is 127 Å². The van der Waals surface area contributed by atoms with E-state index in [4.69, 9.17) is 14.6 Å². The summed E-state index contributed by atoms with van der Waals surface area (Å²) < 4.78 is 36.6. The summed E-state index contributed by atoms with van der Waals surface area (Å²) in [6, 6.07) is 13.7. The number of carbonyl (C=O) groups excluding carboxylic acids is 2. The van der Waals surface area contributed by atoms with Gasteiger partial charge in [0.1, 0.15) is 17.3 Å². The molecule has 0 saturated carbocycles. The zero-order chi connectivity index (χ0) is 23.0.